The van der Waals surface area contributed by atoms with E-state index in [2.05, 4.69) is 31.2 Å². The lowest BCUT2D eigenvalue weighted by molar-refractivity contribution is 0.102. The predicted octanol–water partition coefficient (Wildman–Crippen LogP) is 2.56. The lowest BCUT2D eigenvalue weighted by atomic mass is 10.3. The molecular weight excluding hydrogens is 308 g/mol. The molecule has 19 heavy (non-hydrogen) atoms. The van der Waals surface area contributed by atoms with Crippen molar-refractivity contribution in [2.45, 2.75) is 0 Å². The van der Waals surface area contributed by atoms with Crippen molar-refractivity contribution in [3.63, 3.8) is 0 Å². The highest BCUT2D eigenvalue weighted by atomic mass is 79.9. The Morgan fingerprint density at radius 1 is 1.21 bits per heavy atom. The van der Waals surface area contributed by atoms with Crippen LogP contribution in [0.2, 0.25) is 0 Å². The third-order valence-corrected chi connectivity index (χ3v) is 3.07. The predicted molar refractivity (Wildman–Crippen MR) is 78.5 cm³/mol. The molecule has 2 heterocycles. The third kappa shape index (κ3) is 3.08. The fraction of sp³-hybridized carbons (Fsp3) is 0.154. The third-order valence-electron chi connectivity index (χ3n) is 2.43. The van der Waals surface area contributed by atoms with Gasteiger partial charge in [0.05, 0.1) is 5.69 Å². The molecule has 0 fully saturated rings. The molecule has 2 aromatic heterocycles. The summed E-state index contributed by atoms with van der Waals surface area (Å²) in [4.78, 5) is 22.3. The summed E-state index contributed by atoms with van der Waals surface area (Å²) in [7, 11) is 3.74. The van der Waals surface area contributed by atoms with Crippen molar-refractivity contribution in [3.8, 4) is 0 Å². The van der Waals surface area contributed by atoms with E-state index in [1.807, 2.05) is 19.0 Å². The van der Waals surface area contributed by atoms with Crippen molar-refractivity contribution in [1.82, 2.24) is 9.97 Å². The van der Waals surface area contributed by atoms with Gasteiger partial charge in [-0.25, -0.2) is 9.97 Å². The van der Waals surface area contributed by atoms with Gasteiger partial charge in [-0.2, -0.15) is 0 Å². The SMILES string of the molecule is CN(C)c1ncccc1NC(=O)c1ncccc1Br. The van der Waals surface area contributed by atoms with E-state index in [0.717, 1.165) is 0 Å². The van der Waals surface area contributed by atoms with Crippen LogP contribution in [0.25, 0.3) is 0 Å². The van der Waals surface area contributed by atoms with Crippen molar-refractivity contribution < 1.29 is 4.79 Å². The molecule has 2 aromatic rings. The van der Waals surface area contributed by atoms with Crippen LogP contribution in [0.1, 0.15) is 10.5 Å². The van der Waals surface area contributed by atoms with Crippen LogP contribution in [0.15, 0.2) is 41.1 Å². The number of nitrogens with zero attached hydrogens (tertiary/aromatic N) is 3. The van der Waals surface area contributed by atoms with Crippen molar-refractivity contribution in [2.75, 3.05) is 24.3 Å². The zero-order valence-corrected chi connectivity index (χ0v) is 12.2. The molecule has 0 saturated carbocycles. The van der Waals surface area contributed by atoms with E-state index in [1.165, 1.54) is 0 Å². The number of aromatic nitrogens is 2. The monoisotopic (exact) mass is 320 g/mol. The van der Waals surface area contributed by atoms with Crippen LogP contribution in [0.5, 0.6) is 0 Å². The van der Waals surface area contributed by atoms with Gasteiger partial charge in [0.15, 0.2) is 5.82 Å². The van der Waals surface area contributed by atoms with Crippen LogP contribution in [-0.2, 0) is 0 Å². The minimum atomic E-state index is -0.274. The molecule has 5 nitrogen and oxygen atoms in total. The highest BCUT2D eigenvalue weighted by Crippen LogP contribution is 2.22. The van der Waals surface area contributed by atoms with E-state index in [0.29, 0.717) is 21.7 Å². The van der Waals surface area contributed by atoms with Gasteiger partial charge in [-0.1, -0.05) is 0 Å². The maximum atomic E-state index is 12.2. The Bertz CT molecular complexity index is 601. The topological polar surface area (TPSA) is 58.1 Å². The minimum Gasteiger partial charge on any atom is -0.361 e. The molecule has 0 spiro atoms. The average molecular weight is 321 g/mol. The highest BCUT2D eigenvalue weighted by Gasteiger charge is 2.14. The van der Waals surface area contributed by atoms with E-state index in [-0.39, 0.29) is 5.91 Å². The van der Waals surface area contributed by atoms with Gasteiger partial charge in [0.1, 0.15) is 5.69 Å². The molecule has 0 aromatic carbocycles. The molecule has 0 radical (unpaired) electrons. The Morgan fingerprint density at radius 2 is 1.89 bits per heavy atom. The molecule has 98 valence electrons. The summed E-state index contributed by atoms with van der Waals surface area (Å²) in [5, 5.41) is 2.81. The van der Waals surface area contributed by atoms with E-state index in [9.17, 15) is 4.79 Å². The maximum absolute atomic E-state index is 12.2. The van der Waals surface area contributed by atoms with Gasteiger partial charge in [0.2, 0.25) is 0 Å². The van der Waals surface area contributed by atoms with Crippen molar-refractivity contribution in [2.24, 2.45) is 0 Å². The minimum absolute atomic E-state index is 0.274. The lowest BCUT2D eigenvalue weighted by Crippen LogP contribution is -2.18. The number of carbonyl (C=O) groups is 1. The Kier molecular flexibility index (Phi) is 4.11. The summed E-state index contributed by atoms with van der Waals surface area (Å²) in [5.41, 5.74) is 0.992. The van der Waals surface area contributed by atoms with E-state index >= 15 is 0 Å². The summed E-state index contributed by atoms with van der Waals surface area (Å²) in [5.74, 6) is 0.423. The number of pyridine rings is 2. The number of hydrogen-bond donors (Lipinski definition) is 1. The zero-order valence-electron chi connectivity index (χ0n) is 10.6. The van der Waals surface area contributed by atoms with Crippen LogP contribution >= 0.6 is 15.9 Å². The first kappa shape index (κ1) is 13.5. The molecule has 1 N–H and O–H groups in total. The molecule has 1 amide bonds. The largest absolute Gasteiger partial charge is 0.361 e. The number of rotatable bonds is 3. The number of hydrogen-bond acceptors (Lipinski definition) is 4. The van der Waals surface area contributed by atoms with Gasteiger partial charge >= 0.3 is 0 Å². The normalized spacial score (nSPS) is 10.1. The molecule has 6 heteroatoms. The number of nitrogens with one attached hydrogen (secondary N) is 1. The molecule has 0 bridgehead atoms. The summed E-state index contributed by atoms with van der Waals surface area (Å²) in [6, 6.07) is 7.11. The first-order valence-electron chi connectivity index (χ1n) is 5.64. The number of halogens is 1. The van der Waals surface area contributed by atoms with Crippen LogP contribution in [0, 0.1) is 0 Å². The fourth-order valence-corrected chi connectivity index (χ4v) is 2.02. The van der Waals surface area contributed by atoms with Gasteiger partial charge in [-0.3, -0.25) is 4.79 Å². The smallest absolute Gasteiger partial charge is 0.275 e. The first-order valence-corrected chi connectivity index (χ1v) is 6.43. The first-order chi connectivity index (χ1) is 9.09. The van der Waals surface area contributed by atoms with E-state index < -0.39 is 0 Å². The number of anilines is 2. The highest BCUT2D eigenvalue weighted by molar-refractivity contribution is 9.10. The number of carbonyl (C=O) groups excluding carboxylic acids is 1. The number of amides is 1. The second kappa shape index (κ2) is 5.79. The van der Waals surface area contributed by atoms with Crippen LogP contribution < -0.4 is 10.2 Å². The van der Waals surface area contributed by atoms with Gasteiger partial charge in [-0.15, -0.1) is 0 Å². The maximum Gasteiger partial charge on any atom is 0.275 e. The lowest BCUT2D eigenvalue weighted by Gasteiger charge is -2.16. The zero-order chi connectivity index (χ0) is 13.8. The Labute approximate surface area is 119 Å². The molecule has 0 saturated heterocycles. The Hall–Kier alpha value is -1.95. The quantitative estimate of drug-likeness (QED) is 0.944. The van der Waals surface area contributed by atoms with Crippen molar-refractivity contribution >= 4 is 33.3 Å². The van der Waals surface area contributed by atoms with E-state index in [4.69, 9.17) is 0 Å². The van der Waals surface area contributed by atoms with Crippen molar-refractivity contribution in [1.29, 1.82) is 0 Å². The molecule has 0 aliphatic carbocycles. The molecule has 0 aliphatic heterocycles. The van der Waals surface area contributed by atoms with Gasteiger partial charge in [0.25, 0.3) is 5.91 Å². The summed E-state index contributed by atoms with van der Waals surface area (Å²) >= 11 is 3.31. The van der Waals surface area contributed by atoms with Gasteiger partial charge in [-0.05, 0) is 40.2 Å². The second-order valence-corrected chi connectivity index (χ2v) is 4.91. The van der Waals surface area contributed by atoms with Crippen LogP contribution in [-0.4, -0.2) is 30.0 Å². The second-order valence-electron chi connectivity index (χ2n) is 4.06. The Morgan fingerprint density at radius 3 is 2.58 bits per heavy atom. The fourth-order valence-electron chi connectivity index (χ4n) is 1.59. The molecule has 0 aliphatic rings. The average Bonchev–Trinajstić information content (AvgIpc) is 2.39. The molecular formula is C13H13BrN4O. The molecule has 0 unspecified atom stereocenters. The van der Waals surface area contributed by atoms with Crippen LogP contribution in [0.3, 0.4) is 0 Å². The standard InChI is InChI=1S/C13H13BrN4O/c1-18(2)12-10(6-4-8-16-12)17-13(19)11-9(14)5-3-7-15-11/h3-8H,1-2H3,(H,17,19). The van der Waals surface area contributed by atoms with Crippen LogP contribution in [0.4, 0.5) is 11.5 Å². The molecule has 2 rings (SSSR count). The molecule has 0 atom stereocenters. The summed E-state index contributed by atoms with van der Waals surface area (Å²) < 4.78 is 0.655. The summed E-state index contributed by atoms with van der Waals surface area (Å²) in [6.07, 6.45) is 3.26. The van der Waals surface area contributed by atoms with E-state index in [1.54, 1.807) is 36.7 Å². The summed E-state index contributed by atoms with van der Waals surface area (Å²) in [6.45, 7) is 0. The van der Waals surface area contributed by atoms with Gasteiger partial charge in [0, 0.05) is 31.0 Å². The Balaban J connectivity index is 2.27. The van der Waals surface area contributed by atoms with Gasteiger partial charge < -0.3 is 10.2 Å². The van der Waals surface area contributed by atoms with Crippen molar-refractivity contribution in [3.05, 3.63) is 46.8 Å².